The molecule has 3 aromatic heterocycles. The summed E-state index contributed by atoms with van der Waals surface area (Å²) in [5, 5.41) is 1.10. The topological polar surface area (TPSA) is 34.1 Å². The number of fused-ring (bicyclic) bond motifs is 9. The highest BCUT2D eigenvalue weighted by Gasteiger charge is 2.46. The van der Waals surface area contributed by atoms with E-state index in [1.54, 1.807) is 34.0 Å². The van der Waals surface area contributed by atoms with E-state index < -0.39 is 10.8 Å². The first-order chi connectivity index (χ1) is 14.5. The third-order valence-corrected chi connectivity index (χ3v) is 11.3. The maximum atomic E-state index is 13.5. The minimum absolute atomic E-state index is 0.158. The molecule has 0 saturated heterocycles. The van der Waals surface area contributed by atoms with Gasteiger partial charge in [0.1, 0.15) is 0 Å². The number of benzene rings is 1. The molecule has 156 valence electrons. The molecule has 3 heterocycles. The van der Waals surface area contributed by atoms with Gasteiger partial charge in [0, 0.05) is 20.7 Å². The third-order valence-electron chi connectivity index (χ3n) is 6.59. The quantitative estimate of drug-likeness (QED) is 0.205. The molecule has 0 radical (unpaired) electrons. The molecule has 0 fully saturated rings. The van der Waals surface area contributed by atoms with Gasteiger partial charge >= 0.3 is 0 Å². The zero-order valence-corrected chi connectivity index (χ0v) is 22.7. The van der Waals surface area contributed by atoms with Crippen LogP contribution in [-0.4, -0.2) is 11.6 Å². The molecular weight excluding hydrogens is 576 g/mol. The molecule has 0 aliphatic heterocycles. The van der Waals surface area contributed by atoms with Gasteiger partial charge in [0.25, 0.3) is 0 Å². The second-order valence-electron chi connectivity index (χ2n) is 9.17. The van der Waals surface area contributed by atoms with Crippen LogP contribution in [0.25, 0.3) is 30.3 Å². The summed E-state index contributed by atoms with van der Waals surface area (Å²) in [6.45, 7) is 8.12. The number of halogens is 2. The van der Waals surface area contributed by atoms with Gasteiger partial charge in [0.05, 0.1) is 28.2 Å². The number of ketones is 2. The van der Waals surface area contributed by atoms with E-state index in [4.69, 9.17) is 0 Å². The first-order valence-corrected chi connectivity index (χ1v) is 13.9. The highest BCUT2D eigenvalue weighted by molar-refractivity contribution is 9.11. The molecule has 0 atom stereocenters. The van der Waals surface area contributed by atoms with Crippen molar-refractivity contribution in [1.29, 1.82) is 0 Å². The summed E-state index contributed by atoms with van der Waals surface area (Å²) in [4.78, 5) is 30.2. The number of carbonyl (C=O) groups is 2. The van der Waals surface area contributed by atoms with Gasteiger partial charge in [-0.25, -0.2) is 0 Å². The van der Waals surface area contributed by atoms with Crippen molar-refractivity contribution in [3.63, 3.8) is 0 Å². The average molecular weight is 592 g/mol. The van der Waals surface area contributed by atoms with Crippen molar-refractivity contribution in [2.24, 2.45) is 0 Å². The molecule has 2 aliphatic rings. The lowest BCUT2D eigenvalue weighted by molar-refractivity contribution is 0.0901. The number of hydrogen-bond acceptors (Lipinski definition) is 5. The van der Waals surface area contributed by atoms with E-state index in [0.717, 1.165) is 55.2 Å². The molecule has 0 N–H and O–H groups in total. The SMILES string of the molecule is CC1(C)C(=O)c2cc(Br)sc2-c2sc3c4c(ccc3c21)-c1sc(Br)cc1C(=O)C4(C)C. The van der Waals surface area contributed by atoms with Crippen LogP contribution in [0.1, 0.15) is 59.5 Å². The molecule has 1 aromatic carbocycles. The molecule has 6 rings (SSSR count). The highest BCUT2D eigenvalue weighted by Crippen LogP contribution is 2.58. The van der Waals surface area contributed by atoms with E-state index in [1.165, 1.54) is 4.88 Å². The molecule has 0 spiro atoms. The third kappa shape index (κ3) is 2.47. The number of thiophene rings is 3. The van der Waals surface area contributed by atoms with Crippen LogP contribution in [0, 0.1) is 0 Å². The molecule has 2 nitrogen and oxygen atoms in total. The normalized spacial score (nSPS) is 18.0. The summed E-state index contributed by atoms with van der Waals surface area (Å²) in [6, 6.07) is 8.22. The van der Waals surface area contributed by atoms with Crippen LogP contribution < -0.4 is 0 Å². The van der Waals surface area contributed by atoms with Crippen molar-refractivity contribution in [1.82, 2.24) is 0 Å². The molecule has 0 amide bonds. The van der Waals surface area contributed by atoms with E-state index in [-0.39, 0.29) is 11.6 Å². The van der Waals surface area contributed by atoms with Gasteiger partial charge < -0.3 is 0 Å². The lowest BCUT2D eigenvalue weighted by Crippen LogP contribution is -2.33. The predicted octanol–water partition coefficient (Wildman–Crippen LogP) is 8.83. The minimum atomic E-state index is -0.636. The molecule has 0 bridgehead atoms. The Morgan fingerprint density at radius 2 is 1.23 bits per heavy atom. The largest absolute Gasteiger partial charge is 0.293 e. The Balaban J connectivity index is 1.78. The summed E-state index contributed by atoms with van der Waals surface area (Å²) in [5.41, 5.74) is 3.68. The number of carbonyl (C=O) groups excluding carboxylic acids is 2. The van der Waals surface area contributed by atoms with Crippen LogP contribution in [0.15, 0.2) is 31.8 Å². The Morgan fingerprint density at radius 3 is 1.87 bits per heavy atom. The zero-order chi connectivity index (χ0) is 22.0. The van der Waals surface area contributed by atoms with Gasteiger partial charge in [-0.05, 0) is 93.8 Å². The van der Waals surface area contributed by atoms with Crippen LogP contribution in [0.2, 0.25) is 0 Å². The van der Waals surface area contributed by atoms with Gasteiger partial charge in [-0.2, -0.15) is 0 Å². The summed E-state index contributed by atoms with van der Waals surface area (Å²) in [6.07, 6.45) is 0. The van der Waals surface area contributed by atoms with Crippen LogP contribution >= 0.6 is 65.9 Å². The first kappa shape index (κ1) is 20.5. The summed E-state index contributed by atoms with van der Waals surface area (Å²) in [5.74, 6) is 0.319. The monoisotopic (exact) mass is 590 g/mol. The van der Waals surface area contributed by atoms with Crippen LogP contribution in [0.5, 0.6) is 0 Å². The lowest BCUT2D eigenvalue weighted by Gasteiger charge is -2.32. The number of hydrogen-bond donors (Lipinski definition) is 0. The first-order valence-electron chi connectivity index (χ1n) is 9.83. The fourth-order valence-corrected chi connectivity index (χ4v) is 10.1. The number of rotatable bonds is 0. The van der Waals surface area contributed by atoms with Crippen molar-refractivity contribution >= 4 is 87.5 Å². The minimum Gasteiger partial charge on any atom is -0.293 e. The van der Waals surface area contributed by atoms with Crippen molar-refractivity contribution in [3.8, 4) is 20.2 Å². The van der Waals surface area contributed by atoms with E-state index >= 15 is 0 Å². The Labute approximate surface area is 208 Å². The van der Waals surface area contributed by atoms with Gasteiger partial charge in [-0.3, -0.25) is 9.59 Å². The summed E-state index contributed by atoms with van der Waals surface area (Å²) in [7, 11) is 0. The molecule has 2 aliphatic carbocycles. The van der Waals surface area contributed by atoms with Crippen molar-refractivity contribution < 1.29 is 9.59 Å². The van der Waals surface area contributed by atoms with Gasteiger partial charge in [0.2, 0.25) is 0 Å². The molecule has 31 heavy (non-hydrogen) atoms. The van der Waals surface area contributed by atoms with Crippen molar-refractivity contribution in [2.75, 3.05) is 0 Å². The maximum absolute atomic E-state index is 13.5. The molecular formula is C24H16Br2O2S3. The summed E-state index contributed by atoms with van der Waals surface area (Å²) >= 11 is 12.1. The van der Waals surface area contributed by atoms with Crippen LogP contribution in [-0.2, 0) is 10.8 Å². The maximum Gasteiger partial charge on any atom is 0.174 e. The highest BCUT2D eigenvalue weighted by atomic mass is 79.9. The van der Waals surface area contributed by atoms with Gasteiger partial charge in [-0.1, -0.05) is 12.1 Å². The van der Waals surface area contributed by atoms with Gasteiger partial charge in [-0.15, -0.1) is 34.0 Å². The van der Waals surface area contributed by atoms with Crippen LogP contribution in [0.4, 0.5) is 0 Å². The predicted molar refractivity (Wildman–Crippen MR) is 139 cm³/mol. The molecule has 4 aromatic rings. The van der Waals surface area contributed by atoms with Crippen LogP contribution in [0.3, 0.4) is 0 Å². The fraction of sp³-hybridized carbons (Fsp3) is 0.250. The van der Waals surface area contributed by atoms with Crippen molar-refractivity contribution in [2.45, 2.75) is 38.5 Å². The van der Waals surface area contributed by atoms with E-state index in [9.17, 15) is 9.59 Å². The molecule has 7 heteroatoms. The van der Waals surface area contributed by atoms with E-state index in [0.29, 0.717) is 0 Å². The lowest BCUT2D eigenvalue weighted by atomic mass is 9.69. The average Bonchev–Trinajstić information content (AvgIpc) is 3.38. The smallest absolute Gasteiger partial charge is 0.174 e. The summed E-state index contributed by atoms with van der Waals surface area (Å²) < 4.78 is 3.08. The number of Topliss-reactive ketones (excluding diaryl/α,β-unsaturated/α-hetero) is 2. The Hall–Kier alpha value is -1.12. The molecule has 0 saturated carbocycles. The van der Waals surface area contributed by atoms with E-state index in [2.05, 4.69) is 44.0 Å². The Morgan fingerprint density at radius 1 is 0.677 bits per heavy atom. The Kier molecular flexibility index (Phi) is 4.14. The molecule has 0 unspecified atom stereocenters. The van der Waals surface area contributed by atoms with Crippen molar-refractivity contribution in [3.05, 3.63) is 54.1 Å². The Bertz CT molecular complexity index is 1500. The standard InChI is InChI=1S/C24H16Br2O2S3/c1-23(2)15-9(17-11(21(23)27)7-13(25)29-17)5-6-10-16-20(31-18(10)15)19-12(8-14(26)30-19)22(28)24(16,3)4/h5-8H,1-4H3. The second kappa shape index (κ2) is 6.26. The van der Waals surface area contributed by atoms with E-state index in [1.807, 2.05) is 39.8 Å². The second-order valence-corrected chi connectivity index (χ2v) is 15.0. The fourth-order valence-electron chi connectivity index (χ4n) is 5.08. The zero-order valence-electron chi connectivity index (χ0n) is 17.1. The van der Waals surface area contributed by atoms with Gasteiger partial charge in [0.15, 0.2) is 11.6 Å².